The summed E-state index contributed by atoms with van der Waals surface area (Å²) in [5.41, 5.74) is 9.28. The summed E-state index contributed by atoms with van der Waals surface area (Å²) >= 11 is 1.62. The van der Waals surface area contributed by atoms with E-state index < -0.39 is 0 Å². The molecule has 0 saturated heterocycles. The fourth-order valence-electron chi connectivity index (χ4n) is 4.15. The number of benzene rings is 2. The number of fused-ring (bicyclic) bond motifs is 1. The van der Waals surface area contributed by atoms with Crippen LogP contribution in [-0.2, 0) is 0 Å². The van der Waals surface area contributed by atoms with Crippen LogP contribution in [0.25, 0.3) is 21.4 Å². The number of aromatic nitrogens is 1. The lowest BCUT2D eigenvalue weighted by molar-refractivity contribution is 0.618. The lowest BCUT2D eigenvalue weighted by atomic mass is 9.91. The topological polar surface area (TPSA) is 37.6 Å². The molecule has 1 heterocycles. The highest BCUT2D eigenvalue weighted by atomic mass is 32.1. The van der Waals surface area contributed by atoms with Gasteiger partial charge in [-0.25, -0.2) is 9.37 Å². The minimum atomic E-state index is -0.206. The number of aliphatic imine (C=N–C) groups is 2. The van der Waals surface area contributed by atoms with E-state index in [1.807, 2.05) is 61.2 Å². The highest BCUT2D eigenvalue weighted by Gasteiger charge is 2.13. The Morgan fingerprint density at radius 2 is 1.84 bits per heavy atom. The van der Waals surface area contributed by atoms with Crippen LogP contribution in [0.15, 0.2) is 100 Å². The van der Waals surface area contributed by atoms with Gasteiger partial charge in [-0.1, -0.05) is 56.4 Å². The van der Waals surface area contributed by atoms with Crippen LogP contribution < -0.4 is 0 Å². The molecule has 0 amide bonds. The second-order valence-corrected chi connectivity index (χ2v) is 9.73. The van der Waals surface area contributed by atoms with E-state index in [9.17, 15) is 4.39 Å². The van der Waals surface area contributed by atoms with Crippen LogP contribution in [0, 0.1) is 12.7 Å². The third kappa shape index (κ3) is 6.55. The molecule has 1 atom stereocenters. The van der Waals surface area contributed by atoms with E-state index in [0.29, 0.717) is 5.56 Å². The predicted octanol–water partition coefficient (Wildman–Crippen LogP) is 8.94. The lowest BCUT2D eigenvalue weighted by Gasteiger charge is -2.14. The number of rotatable bonds is 8. The SMILES string of the molecule is C/C=C\C(CC)N=C(C=NC1=CC(c2ccc3ncsc3c2)=C(c2ccc(F)c(C)c2)C=CC=C1)CC. The Bertz CT molecular complexity index is 1480. The number of hydrogen-bond donors (Lipinski definition) is 0. The highest BCUT2D eigenvalue weighted by molar-refractivity contribution is 7.16. The molecule has 0 aliphatic heterocycles. The molecule has 4 rings (SSSR count). The monoisotopic (exact) mass is 509 g/mol. The first-order chi connectivity index (χ1) is 18.0. The second-order valence-electron chi connectivity index (χ2n) is 8.85. The Balaban J connectivity index is 1.85. The van der Waals surface area contributed by atoms with Crippen LogP contribution in [0.4, 0.5) is 4.39 Å². The number of halogens is 1. The molecule has 1 aliphatic carbocycles. The number of aryl methyl sites for hydroxylation is 1. The van der Waals surface area contributed by atoms with E-state index in [-0.39, 0.29) is 11.9 Å². The first-order valence-corrected chi connectivity index (χ1v) is 13.5. The Hall–Kier alpha value is -3.70. The first-order valence-electron chi connectivity index (χ1n) is 12.7. The van der Waals surface area contributed by atoms with E-state index in [4.69, 9.17) is 9.98 Å². The van der Waals surface area contributed by atoms with Crippen molar-refractivity contribution in [3.05, 3.63) is 113 Å². The van der Waals surface area contributed by atoms with Crippen LogP contribution in [0.1, 0.15) is 50.3 Å². The molecule has 0 spiro atoms. The summed E-state index contributed by atoms with van der Waals surface area (Å²) in [6, 6.07) is 11.7. The van der Waals surface area contributed by atoms with Gasteiger partial charge < -0.3 is 0 Å². The molecule has 37 heavy (non-hydrogen) atoms. The summed E-state index contributed by atoms with van der Waals surface area (Å²) < 4.78 is 15.2. The molecule has 3 nitrogen and oxygen atoms in total. The molecular weight excluding hydrogens is 477 g/mol. The van der Waals surface area contributed by atoms with Gasteiger partial charge >= 0.3 is 0 Å². The lowest BCUT2D eigenvalue weighted by Crippen LogP contribution is -2.06. The fourth-order valence-corrected chi connectivity index (χ4v) is 4.86. The summed E-state index contributed by atoms with van der Waals surface area (Å²) in [6.07, 6.45) is 18.0. The number of thiazole rings is 1. The molecule has 1 aliphatic rings. The average molecular weight is 510 g/mol. The molecule has 0 fully saturated rings. The van der Waals surface area contributed by atoms with Crippen molar-refractivity contribution in [1.29, 1.82) is 0 Å². The van der Waals surface area contributed by atoms with Crippen LogP contribution >= 0.6 is 11.3 Å². The summed E-state index contributed by atoms with van der Waals surface area (Å²) in [5.74, 6) is -0.206. The molecule has 1 aromatic heterocycles. The molecule has 0 N–H and O–H groups in total. The smallest absolute Gasteiger partial charge is 0.126 e. The van der Waals surface area contributed by atoms with E-state index in [1.165, 1.54) is 6.07 Å². The summed E-state index contributed by atoms with van der Waals surface area (Å²) in [5, 5.41) is 0. The van der Waals surface area contributed by atoms with E-state index in [0.717, 1.165) is 56.7 Å². The standard InChI is InChI=1S/C32H32FN3S/c1-5-10-25(6-2)36-26(7-3)20-34-27-11-8-9-12-28(23-13-15-30(33)22(4)17-23)29(19-27)24-14-16-31-32(18-24)37-21-35-31/h5,8-21,25H,6-7H2,1-4H3/b9-8?,10-5-,11-8?,12-9?,27-11?,27-19?,28-12?,29-19?,29-28?,34-20?,36-26?. The van der Waals surface area contributed by atoms with E-state index in [2.05, 4.69) is 49.2 Å². The van der Waals surface area contributed by atoms with Crippen molar-refractivity contribution in [2.75, 3.05) is 0 Å². The van der Waals surface area contributed by atoms with Crippen molar-refractivity contribution in [2.24, 2.45) is 9.98 Å². The second kappa shape index (κ2) is 12.5. The van der Waals surface area contributed by atoms with Gasteiger partial charge in [0.25, 0.3) is 0 Å². The number of nitrogens with zero attached hydrogens (tertiary/aromatic N) is 3. The van der Waals surface area contributed by atoms with Crippen molar-refractivity contribution in [3.63, 3.8) is 0 Å². The zero-order valence-electron chi connectivity index (χ0n) is 21.8. The van der Waals surface area contributed by atoms with E-state index in [1.54, 1.807) is 18.3 Å². The Kier molecular flexibility index (Phi) is 8.91. The number of hydrogen-bond acceptors (Lipinski definition) is 4. The van der Waals surface area contributed by atoms with Crippen LogP contribution in [-0.4, -0.2) is 23.0 Å². The van der Waals surface area contributed by atoms with Crippen LogP contribution in [0.3, 0.4) is 0 Å². The normalized spacial score (nSPS) is 15.6. The minimum absolute atomic E-state index is 0.158. The fraction of sp³-hybridized carbons (Fsp3) is 0.219. The largest absolute Gasteiger partial charge is 0.281 e. The average Bonchev–Trinajstić information content (AvgIpc) is 3.36. The van der Waals surface area contributed by atoms with Gasteiger partial charge in [-0.05, 0) is 90.9 Å². The molecule has 0 saturated carbocycles. The molecule has 1 unspecified atom stereocenters. The van der Waals surface area contributed by atoms with Gasteiger partial charge in [-0.3, -0.25) is 9.98 Å². The van der Waals surface area contributed by atoms with Gasteiger partial charge in [0.15, 0.2) is 0 Å². The third-order valence-electron chi connectivity index (χ3n) is 6.22. The van der Waals surface area contributed by atoms with Gasteiger partial charge in [0.2, 0.25) is 0 Å². The van der Waals surface area contributed by atoms with Gasteiger partial charge in [0, 0.05) is 6.21 Å². The van der Waals surface area contributed by atoms with Gasteiger partial charge in [0.05, 0.1) is 33.2 Å². The van der Waals surface area contributed by atoms with Gasteiger partial charge in [0.1, 0.15) is 5.82 Å². The van der Waals surface area contributed by atoms with Crippen molar-refractivity contribution in [3.8, 4) is 0 Å². The maximum Gasteiger partial charge on any atom is 0.126 e. The third-order valence-corrected chi connectivity index (χ3v) is 7.02. The van der Waals surface area contributed by atoms with Crippen molar-refractivity contribution in [1.82, 2.24) is 4.98 Å². The quantitative estimate of drug-likeness (QED) is 0.221. The van der Waals surface area contributed by atoms with Crippen LogP contribution in [0.2, 0.25) is 0 Å². The van der Waals surface area contributed by atoms with Crippen molar-refractivity contribution in [2.45, 2.75) is 46.6 Å². The van der Waals surface area contributed by atoms with Gasteiger partial charge in [-0.2, -0.15) is 0 Å². The zero-order chi connectivity index (χ0) is 26.2. The number of allylic oxidation sites excluding steroid dienone is 8. The molecule has 3 aromatic rings. The zero-order valence-corrected chi connectivity index (χ0v) is 22.6. The molecule has 188 valence electrons. The maximum absolute atomic E-state index is 14.1. The van der Waals surface area contributed by atoms with Gasteiger partial charge in [-0.15, -0.1) is 11.3 Å². The minimum Gasteiger partial charge on any atom is -0.281 e. The molecule has 0 bridgehead atoms. The molecule has 5 heteroatoms. The summed E-state index contributed by atoms with van der Waals surface area (Å²) in [6.45, 7) is 8.06. The molecular formula is C32H32FN3S. The van der Waals surface area contributed by atoms with Crippen molar-refractivity contribution < 1.29 is 4.39 Å². The summed E-state index contributed by atoms with van der Waals surface area (Å²) in [4.78, 5) is 14.2. The predicted molar refractivity (Wildman–Crippen MR) is 159 cm³/mol. The summed E-state index contributed by atoms with van der Waals surface area (Å²) in [7, 11) is 0. The molecule has 2 aromatic carbocycles. The Morgan fingerprint density at radius 1 is 1.05 bits per heavy atom. The maximum atomic E-state index is 14.1. The Labute approximate surface area is 222 Å². The van der Waals surface area contributed by atoms with E-state index >= 15 is 0 Å². The van der Waals surface area contributed by atoms with Crippen molar-refractivity contribution >= 4 is 44.6 Å². The Morgan fingerprint density at radius 3 is 2.59 bits per heavy atom. The highest BCUT2D eigenvalue weighted by Crippen LogP contribution is 2.34. The molecule has 0 radical (unpaired) electrons. The van der Waals surface area contributed by atoms with Crippen LogP contribution in [0.5, 0.6) is 0 Å². The first kappa shape index (κ1) is 26.4.